The predicted octanol–water partition coefficient (Wildman–Crippen LogP) is 2.70. The van der Waals surface area contributed by atoms with Gasteiger partial charge in [-0.2, -0.15) is 0 Å². The van der Waals surface area contributed by atoms with Crippen LogP contribution < -0.4 is 4.74 Å². The predicted molar refractivity (Wildman–Crippen MR) is 69.6 cm³/mol. The fourth-order valence-electron chi connectivity index (χ4n) is 1.56. The summed E-state index contributed by atoms with van der Waals surface area (Å²) in [6.07, 6.45) is 1.71. The zero-order chi connectivity index (χ0) is 12.6. The van der Waals surface area contributed by atoms with Crippen molar-refractivity contribution in [3.63, 3.8) is 0 Å². The lowest BCUT2D eigenvalue weighted by atomic mass is 10.1. The van der Waals surface area contributed by atoms with Gasteiger partial charge in [0.15, 0.2) is 5.75 Å². The number of benzene rings is 1. The average molecular weight is 317 g/mol. The molecule has 0 fully saturated rings. The first kappa shape index (κ1) is 12.7. The molecule has 0 aromatic heterocycles. The zero-order valence-electron chi connectivity index (χ0n) is 9.40. The molecule has 4 nitrogen and oxygen atoms in total. The maximum Gasteiger partial charge on any atom is 0.160 e. The molecule has 1 aliphatic heterocycles. The van der Waals surface area contributed by atoms with Crippen molar-refractivity contribution in [1.82, 2.24) is 0 Å². The van der Waals surface area contributed by atoms with Crippen LogP contribution in [-0.2, 0) is 16.8 Å². The standard InChI is InChI=1S/C11H12BrNO3S/c1-11(2)6-13-9-4-7(5-17(14)15)3-8(12)10(9)16-11/h3-4,6H,5H2,1-2H3,(H,14,15)/p-1. The fourth-order valence-corrected chi connectivity index (χ4v) is 2.58. The van der Waals surface area contributed by atoms with Gasteiger partial charge in [-0.1, -0.05) is 11.1 Å². The highest BCUT2D eigenvalue weighted by Gasteiger charge is 2.25. The Kier molecular flexibility index (Phi) is 3.38. The summed E-state index contributed by atoms with van der Waals surface area (Å²) in [5, 5.41) is 0. The Balaban J connectivity index is 2.43. The van der Waals surface area contributed by atoms with Gasteiger partial charge in [-0.25, -0.2) is 0 Å². The normalized spacial score (nSPS) is 18.4. The summed E-state index contributed by atoms with van der Waals surface area (Å²) in [5.41, 5.74) is 0.891. The van der Waals surface area contributed by atoms with E-state index in [0.717, 1.165) is 4.47 Å². The Morgan fingerprint density at radius 2 is 2.24 bits per heavy atom. The van der Waals surface area contributed by atoms with Gasteiger partial charge in [0, 0.05) is 12.0 Å². The van der Waals surface area contributed by atoms with Gasteiger partial charge in [0.05, 0.1) is 4.47 Å². The van der Waals surface area contributed by atoms with Crippen molar-refractivity contribution >= 4 is 38.9 Å². The Labute approximate surface area is 111 Å². The van der Waals surface area contributed by atoms with Crippen LogP contribution in [0.5, 0.6) is 5.75 Å². The largest absolute Gasteiger partial charge is 0.772 e. The number of hydrogen-bond donors (Lipinski definition) is 0. The monoisotopic (exact) mass is 316 g/mol. The highest BCUT2D eigenvalue weighted by atomic mass is 79.9. The van der Waals surface area contributed by atoms with Gasteiger partial charge in [0.1, 0.15) is 11.3 Å². The fraction of sp³-hybridized carbons (Fsp3) is 0.364. The Morgan fingerprint density at radius 1 is 1.53 bits per heavy atom. The molecule has 17 heavy (non-hydrogen) atoms. The van der Waals surface area contributed by atoms with E-state index in [-0.39, 0.29) is 5.75 Å². The average Bonchev–Trinajstić information content (AvgIpc) is 2.18. The van der Waals surface area contributed by atoms with Crippen LogP contribution in [0, 0.1) is 0 Å². The third-order valence-electron chi connectivity index (χ3n) is 2.25. The molecule has 6 heteroatoms. The number of nitrogens with zero attached hydrogens (tertiary/aromatic N) is 1. The van der Waals surface area contributed by atoms with Crippen LogP contribution in [0.15, 0.2) is 21.6 Å². The van der Waals surface area contributed by atoms with Crippen molar-refractivity contribution in [2.45, 2.75) is 25.2 Å². The SMILES string of the molecule is CC1(C)C=Nc2cc(CS(=O)[O-])cc(Br)c2O1. The van der Waals surface area contributed by atoms with Crippen molar-refractivity contribution in [2.24, 2.45) is 4.99 Å². The van der Waals surface area contributed by atoms with E-state index in [1.54, 1.807) is 18.3 Å². The second kappa shape index (κ2) is 4.51. The molecule has 0 amide bonds. The van der Waals surface area contributed by atoms with Gasteiger partial charge >= 0.3 is 0 Å². The highest BCUT2D eigenvalue weighted by molar-refractivity contribution is 9.10. The lowest BCUT2D eigenvalue weighted by molar-refractivity contribution is 0.183. The summed E-state index contributed by atoms with van der Waals surface area (Å²) >= 11 is 1.27. The molecule has 0 saturated heterocycles. The Hall–Kier alpha value is -0.720. The van der Waals surface area contributed by atoms with E-state index >= 15 is 0 Å². The maximum absolute atomic E-state index is 10.7. The molecule has 0 radical (unpaired) electrons. The minimum Gasteiger partial charge on any atom is -0.772 e. The molecule has 1 aromatic rings. The minimum atomic E-state index is -2.10. The van der Waals surface area contributed by atoms with Crippen LogP contribution in [0.1, 0.15) is 19.4 Å². The second-order valence-corrected chi connectivity index (χ2v) is 6.09. The van der Waals surface area contributed by atoms with E-state index in [9.17, 15) is 8.76 Å². The van der Waals surface area contributed by atoms with E-state index in [4.69, 9.17) is 4.74 Å². The van der Waals surface area contributed by atoms with Crippen molar-refractivity contribution in [2.75, 3.05) is 0 Å². The number of fused-ring (bicyclic) bond motifs is 1. The van der Waals surface area contributed by atoms with Gasteiger partial charge in [-0.05, 0) is 47.5 Å². The third-order valence-corrected chi connectivity index (χ3v) is 3.41. The summed E-state index contributed by atoms with van der Waals surface area (Å²) in [6, 6.07) is 3.47. The summed E-state index contributed by atoms with van der Waals surface area (Å²) < 4.78 is 27.8. The molecular formula is C11H11BrNO3S-. The van der Waals surface area contributed by atoms with E-state index in [1.165, 1.54) is 0 Å². The number of hydrogen-bond acceptors (Lipinski definition) is 4. The molecule has 92 valence electrons. The summed E-state index contributed by atoms with van der Waals surface area (Å²) in [7, 11) is 0. The lowest BCUT2D eigenvalue weighted by Gasteiger charge is -2.27. The molecular weight excluding hydrogens is 306 g/mol. The first-order valence-corrected chi connectivity index (χ1v) is 7.03. The molecule has 0 bridgehead atoms. The molecule has 1 heterocycles. The lowest BCUT2D eigenvalue weighted by Crippen LogP contribution is -2.31. The molecule has 0 aliphatic carbocycles. The van der Waals surface area contributed by atoms with Gasteiger partial charge in [-0.3, -0.25) is 9.20 Å². The molecule has 1 aliphatic rings. The molecule has 2 rings (SSSR count). The van der Waals surface area contributed by atoms with Crippen molar-refractivity contribution in [3.05, 3.63) is 22.2 Å². The molecule has 0 N–H and O–H groups in total. The van der Waals surface area contributed by atoms with Crippen LogP contribution in [-0.4, -0.2) is 20.6 Å². The van der Waals surface area contributed by atoms with E-state index in [2.05, 4.69) is 20.9 Å². The van der Waals surface area contributed by atoms with E-state index < -0.39 is 16.7 Å². The summed E-state index contributed by atoms with van der Waals surface area (Å²) in [4.78, 5) is 4.29. The van der Waals surface area contributed by atoms with Gasteiger partial charge in [0.2, 0.25) is 0 Å². The zero-order valence-corrected chi connectivity index (χ0v) is 11.8. The number of aliphatic imine (C=N–C) groups is 1. The van der Waals surface area contributed by atoms with E-state index in [1.807, 2.05) is 13.8 Å². The Morgan fingerprint density at radius 3 is 2.88 bits per heavy atom. The first-order chi connectivity index (χ1) is 7.87. The second-order valence-electron chi connectivity index (χ2n) is 4.34. The van der Waals surface area contributed by atoms with Crippen LogP contribution in [0.25, 0.3) is 0 Å². The Bertz CT molecular complexity index is 514. The number of ether oxygens (including phenoxy) is 1. The van der Waals surface area contributed by atoms with Crippen LogP contribution in [0.4, 0.5) is 5.69 Å². The summed E-state index contributed by atoms with van der Waals surface area (Å²) in [6.45, 7) is 3.82. The van der Waals surface area contributed by atoms with Crippen LogP contribution in [0.2, 0.25) is 0 Å². The third kappa shape index (κ3) is 2.94. The molecule has 1 atom stereocenters. The van der Waals surface area contributed by atoms with Gasteiger partial charge < -0.3 is 9.29 Å². The van der Waals surface area contributed by atoms with Crippen molar-refractivity contribution in [3.8, 4) is 5.75 Å². The quantitative estimate of drug-likeness (QED) is 0.788. The summed E-state index contributed by atoms with van der Waals surface area (Å²) in [5.74, 6) is 0.628. The smallest absolute Gasteiger partial charge is 0.160 e. The van der Waals surface area contributed by atoms with E-state index in [0.29, 0.717) is 17.0 Å². The van der Waals surface area contributed by atoms with Crippen LogP contribution in [0.3, 0.4) is 0 Å². The van der Waals surface area contributed by atoms with Gasteiger partial charge in [0.25, 0.3) is 0 Å². The van der Waals surface area contributed by atoms with Crippen molar-refractivity contribution < 1.29 is 13.5 Å². The topological polar surface area (TPSA) is 61.7 Å². The molecule has 1 unspecified atom stereocenters. The molecule has 1 aromatic carbocycles. The van der Waals surface area contributed by atoms with Crippen LogP contribution >= 0.6 is 15.9 Å². The first-order valence-electron chi connectivity index (χ1n) is 5.00. The van der Waals surface area contributed by atoms with Gasteiger partial charge in [-0.15, -0.1) is 0 Å². The number of rotatable bonds is 2. The highest BCUT2D eigenvalue weighted by Crippen LogP contribution is 2.41. The van der Waals surface area contributed by atoms with Crippen molar-refractivity contribution in [1.29, 1.82) is 0 Å². The number of halogens is 1. The molecule has 0 spiro atoms. The molecule has 0 saturated carbocycles. The maximum atomic E-state index is 10.7. The minimum absolute atomic E-state index is 0.0230.